The Morgan fingerprint density at radius 3 is 3.23 bits per heavy atom. The minimum Gasteiger partial charge on any atom is -0.354 e. The number of allylic oxidation sites excluding steroid dienone is 1. The summed E-state index contributed by atoms with van der Waals surface area (Å²) in [5.74, 6) is 1.99. The van der Waals surface area contributed by atoms with Gasteiger partial charge in [-0.1, -0.05) is 13.0 Å². The Labute approximate surface area is 77.7 Å². The zero-order valence-corrected chi connectivity index (χ0v) is 7.82. The Hall–Kier alpha value is -1.32. The molecule has 0 bridgehead atoms. The van der Waals surface area contributed by atoms with Gasteiger partial charge in [0.25, 0.3) is 0 Å². The quantitative estimate of drug-likeness (QED) is 0.696. The Bertz CT molecular complexity index is 292. The van der Waals surface area contributed by atoms with Crippen LogP contribution in [-0.4, -0.2) is 21.3 Å². The molecule has 0 radical (unpaired) electrons. The van der Waals surface area contributed by atoms with Gasteiger partial charge in [0.2, 0.25) is 5.95 Å². The maximum atomic E-state index is 4.39. The van der Waals surface area contributed by atoms with E-state index in [2.05, 4.69) is 22.0 Å². The second kappa shape index (κ2) is 3.20. The number of rotatable bonds is 2. The van der Waals surface area contributed by atoms with Crippen molar-refractivity contribution in [1.82, 2.24) is 14.8 Å². The van der Waals surface area contributed by atoms with Crippen LogP contribution in [0.25, 0.3) is 0 Å². The fourth-order valence-electron chi connectivity index (χ4n) is 1.37. The molecule has 0 aromatic carbocycles. The summed E-state index contributed by atoms with van der Waals surface area (Å²) in [6, 6.07) is 0. The number of nitrogens with one attached hydrogen (secondary N) is 1. The Balaban J connectivity index is 2.29. The molecule has 2 rings (SSSR count). The van der Waals surface area contributed by atoms with E-state index >= 15 is 0 Å². The molecule has 1 N–H and O–H groups in total. The number of nitrogens with zero attached hydrogens (tertiary/aromatic N) is 3. The molecule has 0 amide bonds. The van der Waals surface area contributed by atoms with Crippen molar-refractivity contribution in [3.05, 3.63) is 18.5 Å². The number of fused-ring (bicyclic) bond motifs is 1. The largest absolute Gasteiger partial charge is 0.354 e. The van der Waals surface area contributed by atoms with Gasteiger partial charge in [-0.25, -0.2) is 4.68 Å². The lowest BCUT2D eigenvalue weighted by Gasteiger charge is -2.12. The summed E-state index contributed by atoms with van der Waals surface area (Å²) < 4.78 is 1.93. The van der Waals surface area contributed by atoms with Crippen LogP contribution in [0, 0.1) is 0 Å². The normalized spacial score (nSPS) is 17.3. The van der Waals surface area contributed by atoms with E-state index in [9.17, 15) is 0 Å². The van der Waals surface area contributed by atoms with Crippen molar-refractivity contribution in [3.63, 3.8) is 0 Å². The van der Waals surface area contributed by atoms with Crippen LogP contribution in [0.5, 0.6) is 0 Å². The lowest BCUT2D eigenvalue weighted by molar-refractivity contribution is 0.559. The van der Waals surface area contributed by atoms with Crippen LogP contribution in [0.3, 0.4) is 0 Å². The predicted octanol–water partition coefficient (Wildman–Crippen LogP) is 1.38. The van der Waals surface area contributed by atoms with Crippen LogP contribution in [-0.2, 0) is 6.54 Å². The molecule has 1 unspecified atom stereocenters. The standard InChI is InChI=1S/C9H14N4/c1-3-7(2)8-11-9-10-5-4-6-13(9)12-8/h3,7H,1,4-6H2,2H3,(H,10,11,12). The predicted molar refractivity (Wildman–Crippen MR) is 51.7 cm³/mol. The molecule has 70 valence electrons. The van der Waals surface area contributed by atoms with E-state index in [1.165, 1.54) is 0 Å². The maximum Gasteiger partial charge on any atom is 0.221 e. The molecule has 0 aliphatic carbocycles. The first kappa shape index (κ1) is 8.29. The first-order valence-corrected chi connectivity index (χ1v) is 4.62. The average molecular weight is 178 g/mol. The third-order valence-electron chi connectivity index (χ3n) is 2.28. The second-order valence-electron chi connectivity index (χ2n) is 3.32. The summed E-state index contributed by atoms with van der Waals surface area (Å²) in [5, 5.41) is 7.61. The molecular weight excluding hydrogens is 164 g/mol. The van der Waals surface area contributed by atoms with Crippen molar-refractivity contribution in [2.45, 2.75) is 25.8 Å². The number of hydrogen-bond donors (Lipinski definition) is 1. The number of aryl methyl sites for hydroxylation is 1. The van der Waals surface area contributed by atoms with Gasteiger partial charge in [0, 0.05) is 19.0 Å². The highest BCUT2D eigenvalue weighted by Gasteiger charge is 2.15. The van der Waals surface area contributed by atoms with Gasteiger partial charge in [0.05, 0.1) is 0 Å². The van der Waals surface area contributed by atoms with Crippen LogP contribution in [0.4, 0.5) is 5.95 Å². The monoisotopic (exact) mass is 178 g/mol. The zero-order valence-electron chi connectivity index (χ0n) is 7.82. The fraction of sp³-hybridized carbons (Fsp3) is 0.556. The molecule has 0 saturated carbocycles. The molecule has 13 heavy (non-hydrogen) atoms. The molecule has 2 heterocycles. The number of hydrogen-bond acceptors (Lipinski definition) is 3. The van der Waals surface area contributed by atoms with Crippen molar-refractivity contribution in [1.29, 1.82) is 0 Å². The van der Waals surface area contributed by atoms with Crippen molar-refractivity contribution < 1.29 is 0 Å². The van der Waals surface area contributed by atoms with Gasteiger partial charge < -0.3 is 5.32 Å². The van der Waals surface area contributed by atoms with Gasteiger partial charge in [-0.15, -0.1) is 6.58 Å². The number of anilines is 1. The van der Waals surface area contributed by atoms with Gasteiger partial charge in [-0.2, -0.15) is 10.1 Å². The van der Waals surface area contributed by atoms with Crippen molar-refractivity contribution in [3.8, 4) is 0 Å². The summed E-state index contributed by atoms with van der Waals surface area (Å²) >= 11 is 0. The Kier molecular flexibility index (Phi) is 2.04. The minimum atomic E-state index is 0.236. The van der Waals surface area contributed by atoms with Crippen LogP contribution < -0.4 is 5.32 Å². The molecule has 1 aliphatic rings. The first-order chi connectivity index (χ1) is 6.31. The maximum absolute atomic E-state index is 4.39. The highest BCUT2D eigenvalue weighted by molar-refractivity contribution is 5.27. The smallest absolute Gasteiger partial charge is 0.221 e. The van der Waals surface area contributed by atoms with E-state index in [1.807, 2.05) is 17.7 Å². The summed E-state index contributed by atoms with van der Waals surface area (Å²) in [5.41, 5.74) is 0. The first-order valence-electron chi connectivity index (χ1n) is 4.62. The average Bonchev–Trinajstić information content (AvgIpc) is 2.59. The molecule has 0 fully saturated rings. The van der Waals surface area contributed by atoms with E-state index in [4.69, 9.17) is 0 Å². The molecule has 1 atom stereocenters. The van der Waals surface area contributed by atoms with Crippen LogP contribution in [0.2, 0.25) is 0 Å². The SMILES string of the molecule is C=CC(C)c1nc2n(n1)CCCN2. The van der Waals surface area contributed by atoms with Gasteiger partial charge in [0.15, 0.2) is 5.82 Å². The third kappa shape index (κ3) is 1.43. The molecular formula is C9H14N4. The van der Waals surface area contributed by atoms with Gasteiger partial charge in [0.1, 0.15) is 0 Å². The molecule has 0 spiro atoms. The molecule has 1 aromatic heterocycles. The van der Waals surface area contributed by atoms with Gasteiger partial charge >= 0.3 is 0 Å². The van der Waals surface area contributed by atoms with Crippen molar-refractivity contribution in [2.24, 2.45) is 0 Å². The summed E-state index contributed by atoms with van der Waals surface area (Å²) in [7, 11) is 0. The highest BCUT2D eigenvalue weighted by atomic mass is 15.4. The summed E-state index contributed by atoms with van der Waals surface area (Å²) in [6.07, 6.45) is 2.99. The van der Waals surface area contributed by atoms with Crippen LogP contribution in [0.1, 0.15) is 25.1 Å². The fourth-order valence-corrected chi connectivity index (χ4v) is 1.37. The molecule has 0 saturated heterocycles. The van der Waals surface area contributed by atoms with Gasteiger partial charge in [-0.3, -0.25) is 0 Å². The zero-order chi connectivity index (χ0) is 9.26. The van der Waals surface area contributed by atoms with Crippen LogP contribution in [0.15, 0.2) is 12.7 Å². The summed E-state index contributed by atoms with van der Waals surface area (Å²) in [6.45, 7) is 7.76. The summed E-state index contributed by atoms with van der Waals surface area (Å²) in [4.78, 5) is 4.39. The molecule has 4 nitrogen and oxygen atoms in total. The van der Waals surface area contributed by atoms with E-state index < -0.39 is 0 Å². The Morgan fingerprint density at radius 1 is 1.69 bits per heavy atom. The Morgan fingerprint density at radius 2 is 2.54 bits per heavy atom. The minimum absolute atomic E-state index is 0.236. The third-order valence-corrected chi connectivity index (χ3v) is 2.28. The lowest BCUT2D eigenvalue weighted by atomic mass is 10.2. The van der Waals surface area contributed by atoms with Gasteiger partial charge in [-0.05, 0) is 6.42 Å². The van der Waals surface area contributed by atoms with E-state index in [1.54, 1.807) is 0 Å². The van der Waals surface area contributed by atoms with Crippen molar-refractivity contribution in [2.75, 3.05) is 11.9 Å². The second-order valence-corrected chi connectivity index (χ2v) is 3.32. The highest BCUT2D eigenvalue weighted by Crippen LogP contribution is 2.17. The van der Waals surface area contributed by atoms with E-state index in [0.717, 1.165) is 31.3 Å². The van der Waals surface area contributed by atoms with Crippen molar-refractivity contribution >= 4 is 5.95 Å². The van der Waals surface area contributed by atoms with Crippen LogP contribution >= 0.6 is 0 Å². The molecule has 1 aromatic rings. The molecule has 1 aliphatic heterocycles. The molecule has 4 heteroatoms. The van der Waals surface area contributed by atoms with E-state index in [-0.39, 0.29) is 5.92 Å². The van der Waals surface area contributed by atoms with E-state index in [0.29, 0.717) is 0 Å². The lowest BCUT2D eigenvalue weighted by Crippen LogP contribution is -2.17. The number of aromatic nitrogens is 3. The topological polar surface area (TPSA) is 42.7 Å².